The average molecular weight is 601 g/mol. The Balaban J connectivity index is 1.51. The summed E-state index contributed by atoms with van der Waals surface area (Å²) in [6.45, 7) is 4.93. The van der Waals surface area contributed by atoms with Gasteiger partial charge in [0.2, 0.25) is 5.91 Å². The largest absolute Gasteiger partial charge is 0.504 e. The summed E-state index contributed by atoms with van der Waals surface area (Å²) in [4.78, 5) is 30.9. The molecule has 1 aromatic rings. The third kappa shape index (κ3) is 9.24. The number of nitrogens with two attached hydrogens (primary N) is 2. The topological polar surface area (TPSA) is 161 Å². The van der Waals surface area contributed by atoms with Gasteiger partial charge in [-0.25, -0.2) is 0 Å². The van der Waals surface area contributed by atoms with Gasteiger partial charge in [-0.2, -0.15) is 0 Å². The smallest absolute Gasteiger partial charge is 0.303 e. The molecular formula is C33H52N4O6. The van der Waals surface area contributed by atoms with Crippen molar-refractivity contribution >= 4 is 17.8 Å². The molecule has 10 heteroatoms. The van der Waals surface area contributed by atoms with Gasteiger partial charge in [0.05, 0.1) is 12.2 Å². The number of carbonyl (C=O) groups is 2. The SMILES string of the molecule is CCCCC1CCC(CCc2cc(CN3CC(CCN=C(N)N)CC3=O)c(O)c(OC3CCCC3)c2)(OC(C)=O)CC1O. The van der Waals surface area contributed by atoms with Crippen LogP contribution in [0.5, 0.6) is 11.5 Å². The van der Waals surface area contributed by atoms with Gasteiger partial charge >= 0.3 is 5.97 Å². The Morgan fingerprint density at radius 1 is 1.19 bits per heavy atom. The maximum Gasteiger partial charge on any atom is 0.303 e. The van der Waals surface area contributed by atoms with Gasteiger partial charge in [0.25, 0.3) is 0 Å². The van der Waals surface area contributed by atoms with E-state index in [9.17, 15) is 19.8 Å². The highest BCUT2D eigenvalue weighted by atomic mass is 16.6. The predicted octanol–water partition coefficient (Wildman–Crippen LogP) is 4.31. The Morgan fingerprint density at radius 2 is 1.95 bits per heavy atom. The van der Waals surface area contributed by atoms with Gasteiger partial charge < -0.3 is 36.1 Å². The first-order valence-corrected chi connectivity index (χ1v) is 16.3. The van der Waals surface area contributed by atoms with E-state index in [1.165, 1.54) is 6.92 Å². The normalized spacial score (nSPS) is 26.1. The predicted molar refractivity (Wildman–Crippen MR) is 165 cm³/mol. The number of phenolic OH excluding ortho intramolecular Hbond substituents is 1. The van der Waals surface area contributed by atoms with Crippen LogP contribution in [-0.2, 0) is 27.3 Å². The number of nitrogens with zero attached hydrogens (tertiary/aromatic N) is 2. The highest BCUT2D eigenvalue weighted by Crippen LogP contribution is 2.42. The third-order valence-corrected chi connectivity index (χ3v) is 9.55. The number of hydrogen-bond acceptors (Lipinski definition) is 7. The van der Waals surface area contributed by atoms with E-state index >= 15 is 0 Å². The molecule has 10 nitrogen and oxygen atoms in total. The summed E-state index contributed by atoms with van der Waals surface area (Å²) >= 11 is 0. The zero-order valence-corrected chi connectivity index (χ0v) is 26.1. The molecule has 4 rings (SSSR count). The lowest BCUT2D eigenvalue weighted by atomic mass is 9.72. The molecule has 0 spiro atoms. The van der Waals surface area contributed by atoms with Crippen molar-refractivity contribution in [3.8, 4) is 11.5 Å². The first-order chi connectivity index (χ1) is 20.6. The molecular weight excluding hydrogens is 548 g/mol. The van der Waals surface area contributed by atoms with E-state index in [0.29, 0.717) is 56.5 Å². The summed E-state index contributed by atoms with van der Waals surface area (Å²) in [6.07, 6.45) is 11.1. The maximum atomic E-state index is 12.9. The Hall–Kier alpha value is -3.01. The minimum absolute atomic E-state index is 0.0420. The molecule has 0 radical (unpaired) electrons. The van der Waals surface area contributed by atoms with E-state index in [1.807, 2.05) is 12.1 Å². The van der Waals surface area contributed by atoms with Crippen LogP contribution in [0.2, 0.25) is 0 Å². The highest BCUT2D eigenvalue weighted by molar-refractivity contribution is 5.79. The number of amides is 1. The van der Waals surface area contributed by atoms with Crippen LogP contribution < -0.4 is 16.2 Å². The number of aliphatic imine (C=N–C) groups is 1. The van der Waals surface area contributed by atoms with Crippen LogP contribution in [0.15, 0.2) is 17.1 Å². The molecule has 3 fully saturated rings. The molecule has 1 heterocycles. The number of carbonyl (C=O) groups excluding carboxylic acids is 2. The monoisotopic (exact) mass is 600 g/mol. The number of aliphatic hydroxyl groups excluding tert-OH is 1. The van der Waals surface area contributed by atoms with Gasteiger partial charge in [-0.05, 0) is 87.7 Å². The fourth-order valence-electron chi connectivity index (χ4n) is 7.19. The fourth-order valence-corrected chi connectivity index (χ4v) is 7.19. The number of esters is 1. The van der Waals surface area contributed by atoms with Gasteiger partial charge in [0, 0.05) is 45.0 Å². The molecule has 6 N–H and O–H groups in total. The molecule has 43 heavy (non-hydrogen) atoms. The average Bonchev–Trinajstić information content (AvgIpc) is 3.58. The van der Waals surface area contributed by atoms with E-state index < -0.39 is 11.7 Å². The van der Waals surface area contributed by atoms with E-state index in [-0.39, 0.29) is 48.1 Å². The lowest BCUT2D eigenvalue weighted by Crippen LogP contribution is -2.45. The quantitative estimate of drug-likeness (QED) is 0.140. The molecule has 0 bridgehead atoms. The Morgan fingerprint density at radius 3 is 2.63 bits per heavy atom. The second-order valence-corrected chi connectivity index (χ2v) is 13.1. The van der Waals surface area contributed by atoms with E-state index in [4.69, 9.17) is 20.9 Å². The lowest BCUT2D eigenvalue weighted by molar-refractivity contribution is -0.168. The molecule has 240 valence electrons. The summed E-state index contributed by atoms with van der Waals surface area (Å²) in [7, 11) is 0. The van der Waals surface area contributed by atoms with Gasteiger partial charge in [-0.1, -0.05) is 25.8 Å². The van der Waals surface area contributed by atoms with Crippen LogP contribution in [0.1, 0.15) is 108 Å². The van der Waals surface area contributed by atoms with Crippen LogP contribution in [0, 0.1) is 11.8 Å². The van der Waals surface area contributed by atoms with Crippen LogP contribution in [-0.4, -0.2) is 63.8 Å². The second-order valence-electron chi connectivity index (χ2n) is 13.1. The van der Waals surface area contributed by atoms with E-state index in [0.717, 1.165) is 63.4 Å². The Bertz CT molecular complexity index is 1130. The van der Waals surface area contributed by atoms with Crippen molar-refractivity contribution in [2.75, 3.05) is 13.1 Å². The van der Waals surface area contributed by atoms with Gasteiger partial charge in [-0.15, -0.1) is 0 Å². The van der Waals surface area contributed by atoms with Crippen molar-refractivity contribution in [1.29, 1.82) is 0 Å². The number of aliphatic hydroxyl groups is 1. The summed E-state index contributed by atoms with van der Waals surface area (Å²) in [5.41, 5.74) is 11.8. The molecule has 1 amide bonds. The third-order valence-electron chi connectivity index (χ3n) is 9.55. The number of hydrogen-bond donors (Lipinski definition) is 4. The number of benzene rings is 1. The second kappa shape index (κ2) is 15.1. The molecule has 0 aromatic heterocycles. The summed E-state index contributed by atoms with van der Waals surface area (Å²) in [5, 5.41) is 22.3. The van der Waals surface area contributed by atoms with E-state index in [1.54, 1.807) is 4.90 Å². The van der Waals surface area contributed by atoms with Crippen molar-refractivity contribution in [2.24, 2.45) is 28.3 Å². The standard InChI is InChI=1S/C33H52N4O6/c1-3-4-7-25-11-14-33(19-28(25)39,43-22(2)38)13-10-23-16-26(31(41)29(17-23)42-27-8-5-6-9-27)21-37-20-24(18-30(37)40)12-15-36-32(34)35/h16-17,24-25,27-28,39,41H,3-15,18-21H2,1-2H3,(H4,34,35,36). The maximum absolute atomic E-state index is 12.9. The van der Waals surface area contributed by atoms with Crippen LogP contribution in [0.4, 0.5) is 0 Å². The molecule has 3 aliphatic rings. The summed E-state index contributed by atoms with van der Waals surface area (Å²) in [5.74, 6) is 0.661. The van der Waals surface area contributed by atoms with Crippen LogP contribution in [0.25, 0.3) is 0 Å². The molecule has 2 saturated carbocycles. The number of likely N-dealkylation sites (tertiary alicyclic amines) is 1. The zero-order chi connectivity index (χ0) is 31.0. The lowest BCUT2D eigenvalue weighted by Gasteiger charge is -2.42. The Kier molecular flexibility index (Phi) is 11.6. The Labute approximate surface area is 256 Å². The summed E-state index contributed by atoms with van der Waals surface area (Å²) < 4.78 is 12.2. The highest BCUT2D eigenvalue weighted by Gasteiger charge is 2.42. The van der Waals surface area contributed by atoms with Gasteiger partial charge in [0.15, 0.2) is 17.5 Å². The number of ether oxygens (including phenoxy) is 2. The van der Waals surface area contributed by atoms with Crippen LogP contribution in [0.3, 0.4) is 0 Å². The number of aromatic hydroxyl groups is 1. The molecule has 1 aliphatic heterocycles. The first-order valence-electron chi connectivity index (χ1n) is 16.3. The van der Waals surface area contributed by atoms with Crippen molar-refractivity contribution in [3.63, 3.8) is 0 Å². The van der Waals surface area contributed by atoms with E-state index in [2.05, 4.69) is 11.9 Å². The number of phenols is 1. The molecule has 1 saturated heterocycles. The fraction of sp³-hybridized carbons (Fsp3) is 0.727. The number of aryl methyl sites for hydroxylation is 1. The number of unbranched alkanes of at least 4 members (excludes halogenated alkanes) is 1. The molecule has 4 atom stereocenters. The molecule has 4 unspecified atom stereocenters. The van der Waals surface area contributed by atoms with Crippen molar-refractivity contribution < 1.29 is 29.3 Å². The number of rotatable bonds is 14. The van der Waals surface area contributed by atoms with Gasteiger partial charge in [-0.3, -0.25) is 14.6 Å². The first kappa shape index (κ1) is 32.9. The van der Waals surface area contributed by atoms with Crippen molar-refractivity contribution in [1.82, 2.24) is 4.90 Å². The summed E-state index contributed by atoms with van der Waals surface area (Å²) in [6, 6.07) is 3.84. The van der Waals surface area contributed by atoms with Crippen molar-refractivity contribution in [2.45, 2.75) is 128 Å². The van der Waals surface area contributed by atoms with Crippen LogP contribution >= 0.6 is 0 Å². The van der Waals surface area contributed by atoms with Crippen molar-refractivity contribution in [3.05, 3.63) is 23.3 Å². The number of guanidine groups is 1. The zero-order valence-electron chi connectivity index (χ0n) is 26.1. The minimum Gasteiger partial charge on any atom is -0.504 e. The minimum atomic E-state index is -0.730. The van der Waals surface area contributed by atoms with Gasteiger partial charge in [0.1, 0.15) is 5.60 Å². The molecule has 2 aliphatic carbocycles. The molecule has 1 aromatic carbocycles.